The number of aryl methyl sites for hydroxylation is 1. The lowest BCUT2D eigenvalue weighted by atomic mass is 10.1. The number of hydrogen-bond donors (Lipinski definition) is 2. The first-order valence-electron chi connectivity index (χ1n) is 8.99. The van der Waals surface area contributed by atoms with Crippen LogP contribution in [0.25, 0.3) is 11.4 Å². The van der Waals surface area contributed by atoms with Crippen molar-refractivity contribution in [1.29, 1.82) is 0 Å². The van der Waals surface area contributed by atoms with Crippen molar-refractivity contribution in [3.05, 3.63) is 24.4 Å². The number of thioether (sulfide) groups is 1. The third kappa shape index (κ3) is 3.61. The van der Waals surface area contributed by atoms with Crippen LogP contribution in [0.5, 0.6) is 0 Å². The zero-order valence-electron chi connectivity index (χ0n) is 15.5. The number of halogens is 2. The molecule has 0 unspecified atom stereocenters. The van der Waals surface area contributed by atoms with E-state index in [2.05, 4.69) is 10.3 Å². The predicted octanol–water partition coefficient (Wildman–Crippen LogP) is 2.53. The number of rotatable bonds is 5. The standard InChI is InChI=1S/C18H19F2N5O3S/c1-9(16(21)26)22-10-2-3-11-13(6-10)29-5-4-24-7-14(23-17(11)24)25-12(15(19)20)8-28-18(25)27/h2-3,6-7,9,12,15,22H,4-5,8H2,1H3,(H2,21,26)/t9-,12-/m0/s1. The predicted molar refractivity (Wildman–Crippen MR) is 104 cm³/mol. The summed E-state index contributed by atoms with van der Waals surface area (Å²) in [5.41, 5.74) is 6.86. The summed E-state index contributed by atoms with van der Waals surface area (Å²) in [5, 5.41) is 3.04. The first-order valence-corrected chi connectivity index (χ1v) is 9.98. The van der Waals surface area contributed by atoms with Gasteiger partial charge in [-0.1, -0.05) is 0 Å². The third-order valence-electron chi connectivity index (χ3n) is 4.83. The van der Waals surface area contributed by atoms with Crippen molar-refractivity contribution in [2.24, 2.45) is 5.73 Å². The summed E-state index contributed by atoms with van der Waals surface area (Å²) in [6.45, 7) is 1.91. The molecule has 2 aliphatic heterocycles. The number of carbonyl (C=O) groups is 2. The van der Waals surface area contributed by atoms with Gasteiger partial charge in [-0.15, -0.1) is 11.8 Å². The minimum absolute atomic E-state index is 0.148. The highest BCUT2D eigenvalue weighted by Crippen LogP contribution is 2.38. The number of nitrogens with two attached hydrogens (primary N) is 1. The molecule has 0 spiro atoms. The molecule has 2 aliphatic rings. The number of anilines is 2. The van der Waals surface area contributed by atoms with Gasteiger partial charge < -0.3 is 20.4 Å². The first-order chi connectivity index (χ1) is 13.8. The molecule has 3 N–H and O–H groups in total. The minimum Gasteiger partial charge on any atom is -0.447 e. The number of alkyl halides is 2. The van der Waals surface area contributed by atoms with Crippen molar-refractivity contribution in [3.63, 3.8) is 0 Å². The topological polar surface area (TPSA) is 102 Å². The van der Waals surface area contributed by atoms with E-state index < -0.39 is 30.5 Å². The van der Waals surface area contributed by atoms with Crippen LogP contribution < -0.4 is 16.0 Å². The van der Waals surface area contributed by atoms with Crippen LogP contribution in [0.3, 0.4) is 0 Å². The second-order valence-electron chi connectivity index (χ2n) is 6.79. The lowest BCUT2D eigenvalue weighted by molar-refractivity contribution is -0.118. The lowest BCUT2D eigenvalue weighted by Crippen LogP contribution is -2.38. The number of nitrogens with one attached hydrogen (secondary N) is 1. The van der Waals surface area contributed by atoms with Gasteiger partial charge >= 0.3 is 6.09 Å². The second kappa shape index (κ2) is 7.54. The lowest BCUT2D eigenvalue weighted by Gasteiger charge is -2.17. The highest BCUT2D eigenvalue weighted by Gasteiger charge is 2.42. The Hall–Kier alpha value is -2.82. The molecular weight excluding hydrogens is 404 g/mol. The molecule has 3 heterocycles. The minimum atomic E-state index is -2.73. The van der Waals surface area contributed by atoms with Crippen LogP contribution in [0.2, 0.25) is 0 Å². The zero-order valence-corrected chi connectivity index (χ0v) is 16.3. The molecule has 0 radical (unpaired) electrons. The fourth-order valence-electron chi connectivity index (χ4n) is 3.28. The van der Waals surface area contributed by atoms with Crippen LogP contribution in [0.4, 0.5) is 25.1 Å². The SMILES string of the molecule is C[C@H](Nc1ccc2c(c1)SCCn1cc(N3C(=O)OC[C@H]3C(F)F)nc1-2)C(N)=O. The monoisotopic (exact) mass is 423 g/mol. The number of amides is 2. The Morgan fingerprint density at radius 1 is 1.45 bits per heavy atom. The van der Waals surface area contributed by atoms with Gasteiger partial charge in [0.2, 0.25) is 5.91 Å². The summed E-state index contributed by atoms with van der Waals surface area (Å²) >= 11 is 1.62. The molecule has 4 rings (SSSR count). The Bertz CT molecular complexity index is 967. The molecule has 2 aromatic rings. The zero-order chi connectivity index (χ0) is 20.7. The normalized spacial score (nSPS) is 19.4. The largest absolute Gasteiger partial charge is 0.447 e. The molecule has 11 heteroatoms. The first kappa shape index (κ1) is 19.5. The Morgan fingerprint density at radius 2 is 2.24 bits per heavy atom. The summed E-state index contributed by atoms with van der Waals surface area (Å²) in [6.07, 6.45) is -1.95. The van der Waals surface area contributed by atoms with E-state index in [1.165, 1.54) is 0 Å². The fraction of sp³-hybridized carbons (Fsp3) is 0.389. The summed E-state index contributed by atoms with van der Waals surface area (Å²) in [6, 6.07) is 3.67. The van der Waals surface area contributed by atoms with Crippen LogP contribution in [-0.4, -0.2) is 52.4 Å². The van der Waals surface area contributed by atoms with Crippen LogP contribution in [0, 0.1) is 0 Å². The molecule has 0 bridgehead atoms. The summed E-state index contributed by atoms with van der Waals surface area (Å²) < 4.78 is 33.2. The molecule has 1 fully saturated rings. The quantitative estimate of drug-likeness (QED) is 0.766. The molecule has 0 saturated carbocycles. The smallest absolute Gasteiger partial charge is 0.416 e. The number of aromatic nitrogens is 2. The maximum absolute atomic E-state index is 13.3. The van der Waals surface area contributed by atoms with E-state index in [1.54, 1.807) is 30.9 Å². The molecule has 1 aromatic carbocycles. The number of carbonyl (C=O) groups excluding carboxylic acids is 2. The molecule has 8 nitrogen and oxygen atoms in total. The second-order valence-corrected chi connectivity index (χ2v) is 7.93. The summed E-state index contributed by atoms with van der Waals surface area (Å²) in [7, 11) is 0. The number of imidazole rings is 1. The van der Waals surface area contributed by atoms with E-state index in [0.29, 0.717) is 12.4 Å². The molecule has 1 aromatic heterocycles. The van der Waals surface area contributed by atoms with Gasteiger partial charge in [0.1, 0.15) is 24.5 Å². The van der Waals surface area contributed by atoms with Crippen molar-refractivity contribution in [2.75, 3.05) is 22.6 Å². The number of cyclic esters (lactones) is 1. The molecule has 1 saturated heterocycles. The van der Waals surface area contributed by atoms with Gasteiger partial charge in [0, 0.05) is 34.6 Å². The number of hydrogen-bond acceptors (Lipinski definition) is 6. The number of benzene rings is 1. The maximum Gasteiger partial charge on any atom is 0.416 e. The van der Waals surface area contributed by atoms with Crippen molar-refractivity contribution in [2.45, 2.75) is 36.9 Å². The Labute approximate surface area is 169 Å². The van der Waals surface area contributed by atoms with Crippen molar-refractivity contribution < 1.29 is 23.1 Å². The van der Waals surface area contributed by atoms with Gasteiger partial charge in [0.25, 0.3) is 6.43 Å². The third-order valence-corrected chi connectivity index (χ3v) is 5.87. The molecule has 2 atom stereocenters. The molecular formula is C18H19F2N5O3S. The average Bonchev–Trinajstić information content (AvgIpc) is 3.21. The number of primary amides is 1. The molecule has 154 valence electrons. The maximum atomic E-state index is 13.3. The summed E-state index contributed by atoms with van der Waals surface area (Å²) in [5.74, 6) is 1.00. The molecule has 0 aliphatic carbocycles. The van der Waals surface area contributed by atoms with E-state index in [0.717, 1.165) is 26.8 Å². The Kier molecular flexibility index (Phi) is 5.07. The van der Waals surface area contributed by atoms with Gasteiger partial charge in [-0.3, -0.25) is 4.79 Å². The van der Waals surface area contributed by atoms with Crippen molar-refractivity contribution >= 4 is 35.3 Å². The van der Waals surface area contributed by atoms with E-state index in [-0.39, 0.29) is 12.4 Å². The number of ether oxygens (including phenoxy) is 1. The molecule has 2 amide bonds. The van der Waals surface area contributed by atoms with E-state index in [4.69, 9.17) is 10.5 Å². The van der Waals surface area contributed by atoms with Gasteiger partial charge in [-0.2, -0.15) is 0 Å². The van der Waals surface area contributed by atoms with Gasteiger partial charge in [0.15, 0.2) is 5.82 Å². The highest BCUT2D eigenvalue weighted by molar-refractivity contribution is 7.99. The van der Waals surface area contributed by atoms with E-state index >= 15 is 0 Å². The Balaban J connectivity index is 1.68. The van der Waals surface area contributed by atoms with Crippen LogP contribution >= 0.6 is 11.8 Å². The van der Waals surface area contributed by atoms with E-state index in [1.807, 2.05) is 16.7 Å². The summed E-state index contributed by atoms with van der Waals surface area (Å²) in [4.78, 5) is 29.6. The van der Waals surface area contributed by atoms with Crippen LogP contribution in [0.15, 0.2) is 29.3 Å². The highest BCUT2D eigenvalue weighted by atomic mass is 32.2. The van der Waals surface area contributed by atoms with Crippen molar-refractivity contribution in [1.82, 2.24) is 9.55 Å². The van der Waals surface area contributed by atoms with Gasteiger partial charge in [0.05, 0.1) is 0 Å². The van der Waals surface area contributed by atoms with Crippen molar-refractivity contribution in [3.8, 4) is 11.4 Å². The molecule has 29 heavy (non-hydrogen) atoms. The number of nitrogens with zero attached hydrogens (tertiary/aromatic N) is 3. The van der Waals surface area contributed by atoms with E-state index in [9.17, 15) is 18.4 Å². The van der Waals surface area contributed by atoms with Gasteiger partial charge in [-0.05, 0) is 25.1 Å². The van der Waals surface area contributed by atoms with Crippen LogP contribution in [0.1, 0.15) is 6.92 Å². The van der Waals surface area contributed by atoms with Crippen LogP contribution in [-0.2, 0) is 16.1 Å². The number of fused-ring (bicyclic) bond motifs is 3. The fourth-order valence-corrected chi connectivity index (χ4v) is 4.31. The average molecular weight is 423 g/mol. The Morgan fingerprint density at radius 3 is 2.97 bits per heavy atom. The van der Waals surface area contributed by atoms with Gasteiger partial charge in [-0.25, -0.2) is 23.5 Å².